The monoisotopic (exact) mass is 685 g/mol. The van der Waals surface area contributed by atoms with E-state index in [4.69, 9.17) is 11.6 Å². The van der Waals surface area contributed by atoms with Crippen molar-refractivity contribution in [2.45, 2.75) is 110 Å². The lowest BCUT2D eigenvalue weighted by molar-refractivity contribution is -0.149. The van der Waals surface area contributed by atoms with Crippen molar-refractivity contribution in [1.82, 2.24) is 24.5 Å². The Bertz CT molecular complexity index is 1310. The minimum absolute atomic E-state index is 0.00438. The molecule has 9 nitrogen and oxygen atoms in total. The molecule has 1 aromatic rings. The second-order valence-electron chi connectivity index (χ2n) is 17.5. The van der Waals surface area contributed by atoms with Gasteiger partial charge in [-0.15, -0.1) is 0 Å². The molecule has 48 heavy (non-hydrogen) atoms. The maximum atomic E-state index is 15.0. The minimum Gasteiger partial charge on any atom is -0.395 e. The van der Waals surface area contributed by atoms with E-state index < -0.39 is 11.5 Å². The zero-order chi connectivity index (χ0) is 35.2. The molecule has 1 aliphatic carbocycles. The van der Waals surface area contributed by atoms with E-state index in [0.29, 0.717) is 37.6 Å². The van der Waals surface area contributed by atoms with Gasteiger partial charge in [-0.05, 0) is 96.9 Å². The van der Waals surface area contributed by atoms with E-state index in [-0.39, 0.29) is 59.2 Å². The molecule has 1 aromatic carbocycles. The number of amides is 3. The summed E-state index contributed by atoms with van der Waals surface area (Å²) in [5, 5.41) is 11.0. The summed E-state index contributed by atoms with van der Waals surface area (Å²) >= 11 is 6.27. The van der Waals surface area contributed by atoms with Crippen molar-refractivity contribution < 1.29 is 19.5 Å². The fraction of sp³-hybridized carbons (Fsp3) is 0.763. The number of benzene rings is 1. The highest BCUT2D eigenvalue weighted by Gasteiger charge is 2.52. The van der Waals surface area contributed by atoms with Crippen LogP contribution < -0.4 is 0 Å². The van der Waals surface area contributed by atoms with Gasteiger partial charge in [-0.3, -0.25) is 19.3 Å². The Kier molecular flexibility index (Phi) is 11.0. The van der Waals surface area contributed by atoms with Crippen LogP contribution in [0.15, 0.2) is 24.3 Å². The fourth-order valence-electron chi connectivity index (χ4n) is 8.30. The van der Waals surface area contributed by atoms with Gasteiger partial charge in [0.05, 0.1) is 24.0 Å². The Morgan fingerprint density at radius 2 is 1.50 bits per heavy atom. The van der Waals surface area contributed by atoms with Crippen LogP contribution in [-0.2, 0) is 14.4 Å². The van der Waals surface area contributed by atoms with E-state index in [1.54, 1.807) is 13.8 Å². The molecule has 0 spiro atoms. The van der Waals surface area contributed by atoms with Gasteiger partial charge < -0.3 is 24.7 Å². The molecule has 0 unspecified atom stereocenters. The Hall–Kier alpha value is -2.20. The topological polar surface area (TPSA) is 87.6 Å². The van der Waals surface area contributed by atoms with Crippen molar-refractivity contribution in [2.24, 2.45) is 16.7 Å². The summed E-state index contributed by atoms with van der Waals surface area (Å²) in [7, 11) is 2.07. The predicted octanol–water partition coefficient (Wildman–Crippen LogP) is 4.71. The van der Waals surface area contributed by atoms with E-state index >= 15 is 4.79 Å². The van der Waals surface area contributed by atoms with Crippen molar-refractivity contribution in [3.63, 3.8) is 0 Å². The smallest absolute Gasteiger partial charge is 0.245 e. The van der Waals surface area contributed by atoms with Crippen molar-refractivity contribution in [1.29, 1.82) is 0 Å². The molecule has 3 amide bonds. The Morgan fingerprint density at radius 1 is 0.896 bits per heavy atom. The number of aliphatic hydroxyl groups excluding tert-OH is 1. The molecule has 4 aliphatic rings. The number of likely N-dealkylation sites (tertiary alicyclic amines) is 2. The number of aliphatic hydroxyl groups is 1. The zero-order valence-corrected chi connectivity index (χ0v) is 31.4. The van der Waals surface area contributed by atoms with E-state index in [1.165, 1.54) is 0 Å². The summed E-state index contributed by atoms with van der Waals surface area (Å²) in [6.45, 7) is 19.0. The first kappa shape index (κ1) is 37.1. The van der Waals surface area contributed by atoms with Gasteiger partial charge in [-0.1, -0.05) is 37.6 Å². The molecule has 3 heterocycles. The van der Waals surface area contributed by atoms with Crippen LogP contribution in [0.4, 0.5) is 0 Å². The fourth-order valence-corrected chi connectivity index (χ4v) is 8.43. The number of hydrogen-bond donors (Lipinski definition) is 1. The largest absolute Gasteiger partial charge is 0.395 e. The third-order valence-corrected chi connectivity index (χ3v) is 12.1. The Labute approximate surface area is 293 Å². The normalized spacial score (nSPS) is 27.8. The molecule has 5 rings (SSSR count). The van der Waals surface area contributed by atoms with Gasteiger partial charge in [0.15, 0.2) is 0 Å². The molecule has 0 radical (unpaired) electrons. The average Bonchev–Trinajstić information content (AvgIpc) is 3.68. The standard InChI is InChI=1S/C38H60ClN5O4/c1-36(2,3)42-23-30(26-9-11-27(39)12-10-26)31(24-42)33(46)43-22-29(21-32(43)34(47)41-19-17-40(8)18-20-41)44(35(48)38(6,7)25-45)28-13-15-37(4,5)16-14-28/h9-12,28-32,45H,13-25H2,1-8H3/t29-,30-,31+,32-/m0/s1. The quantitative estimate of drug-likeness (QED) is 0.448. The Balaban J connectivity index is 1.50. The van der Waals surface area contributed by atoms with Crippen LogP contribution >= 0.6 is 11.6 Å². The van der Waals surface area contributed by atoms with Crippen LogP contribution in [0.25, 0.3) is 0 Å². The van der Waals surface area contributed by atoms with Gasteiger partial charge in [0, 0.05) is 68.3 Å². The number of halogens is 1. The highest BCUT2D eigenvalue weighted by atomic mass is 35.5. The second-order valence-corrected chi connectivity index (χ2v) is 18.0. The number of piperazine rings is 1. The van der Waals surface area contributed by atoms with Crippen LogP contribution in [0, 0.1) is 16.7 Å². The van der Waals surface area contributed by atoms with Crippen molar-refractivity contribution in [3.8, 4) is 0 Å². The lowest BCUT2D eigenvalue weighted by atomic mass is 9.74. The third kappa shape index (κ3) is 7.90. The number of rotatable bonds is 7. The van der Waals surface area contributed by atoms with Gasteiger partial charge in [0.1, 0.15) is 6.04 Å². The summed E-state index contributed by atoms with van der Waals surface area (Å²) < 4.78 is 0. The molecule has 4 atom stereocenters. The average molecular weight is 686 g/mol. The molecule has 10 heteroatoms. The molecular formula is C38H60ClN5O4. The molecule has 1 N–H and O–H groups in total. The number of likely N-dealkylation sites (N-methyl/N-ethyl adjacent to an activating group) is 1. The van der Waals surface area contributed by atoms with Crippen LogP contribution in [0.3, 0.4) is 0 Å². The van der Waals surface area contributed by atoms with Crippen molar-refractivity contribution >= 4 is 29.3 Å². The number of hydrogen-bond acceptors (Lipinski definition) is 6. The summed E-state index contributed by atoms with van der Waals surface area (Å²) in [6.07, 6.45) is 4.19. The first-order chi connectivity index (χ1) is 22.4. The highest BCUT2D eigenvalue weighted by molar-refractivity contribution is 6.30. The third-order valence-electron chi connectivity index (χ3n) is 11.9. The SMILES string of the molecule is CN1CCN(C(=O)[C@@H]2C[C@H](N(C(=O)C(C)(C)CO)C3CCC(C)(C)CC3)CN2C(=O)[C@@H]2CN(C(C)(C)C)C[C@H]2c2ccc(Cl)cc2)CC1. The molecule has 4 fully saturated rings. The van der Waals surface area contributed by atoms with E-state index in [9.17, 15) is 14.7 Å². The van der Waals surface area contributed by atoms with Crippen molar-refractivity contribution in [2.75, 3.05) is 59.5 Å². The number of carbonyl (C=O) groups excluding carboxylic acids is 3. The zero-order valence-electron chi connectivity index (χ0n) is 30.7. The summed E-state index contributed by atoms with van der Waals surface area (Å²) in [5.74, 6) is -0.473. The molecule has 0 bridgehead atoms. The maximum Gasteiger partial charge on any atom is 0.245 e. The van der Waals surface area contributed by atoms with Crippen LogP contribution in [0.5, 0.6) is 0 Å². The number of nitrogens with zero attached hydrogens (tertiary/aromatic N) is 5. The molecule has 1 saturated carbocycles. The van der Waals surface area contributed by atoms with Gasteiger partial charge in [-0.25, -0.2) is 0 Å². The lowest BCUT2D eigenvalue weighted by Gasteiger charge is -2.45. The Morgan fingerprint density at radius 3 is 2.06 bits per heavy atom. The molecular weight excluding hydrogens is 626 g/mol. The molecule has 3 aliphatic heterocycles. The minimum atomic E-state index is -0.959. The van der Waals surface area contributed by atoms with Crippen LogP contribution in [-0.4, -0.2) is 130 Å². The number of carbonyl (C=O) groups is 3. The van der Waals surface area contributed by atoms with Gasteiger partial charge in [0.25, 0.3) is 0 Å². The van der Waals surface area contributed by atoms with E-state index in [1.807, 2.05) is 39.0 Å². The predicted molar refractivity (Wildman–Crippen MR) is 191 cm³/mol. The summed E-state index contributed by atoms with van der Waals surface area (Å²) in [5.41, 5.74) is 0.206. The molecule has 3 saturated heterocycles. The summed E-state index contributed by atoms with van der Waals surface area (Å²) in [6, 6.07) is 6.92. The first-order valence-corrected chi connectivity index (χ1v) is 18.5. The first-order valence-electron chi connectivity index (χ1n) is 18.1. The van der Waals surface area contributed by atoms with Crippen molar-refractivity contribution in [3.05, 3.63) is 34.9 Å². The maximum absolute atomic E-state index is 15.0. The van der Waals surface area contributed by atoms with Crippen LogP contribution in [0.1, 0.15) is 92.1 Å². The van der Waals surface area contributed by atoms with E-state index in [0.717, 1.165) is 50.9 Å². The summed E-state index contributed by atoms with van der Waals surface area (Å²) in [4.78, 5) is 54.2. The van der Waals surface area contributed by atoms with Gasteiger partial charge >= 0.3 is 0 Å². The lowest BCUT2D eigenvalue weighted by Crippen LogP contribution is -2.55. The molecule has 268 valence electrons. The van der Waals surface area contributed by atoms with Crippen LogP contribution in [0.2, 0.25) is 5.02 Å². The van der Waals surface area contributed by atoms with Gasteiger partial charge in [-0.2, -0.15) is 0 Å². The van der Waals surface area contributed by atoms with E-state index in [2.05, 4.69) is 51.5 Å². The molecule has 0 aromatic heterocycles. The van der Waals surface area contributed by atoms with Gasteiger partial charge in [0.2, 0.25) is 17.7 Å². The second kappa shape index (κ2) is 14.2. The highest BCUT2D eigenvalue weighted by Crippen LogP contribution is 2.42.